The highest BCUT2D eigenvalue weighted by Gasteiger charge is 2.48. The molecule has 0 aromatic carbocycles. The third-order valence-electron chi connectivity index (χ3n) is 3.22. The van der Waals surface area contributed by atoms with Crippen LogP contribution in [0.2, 0.25) is 0 Å². The van der Waals surface area contributed by atoms with E-state index in [4.69, 9.17) is 0 Å². The summed E-state index contributed by atoms with van der Waals surface area (Å²) in [6.07, 6.45) is 1.46. The molecular weight excluding hydrogens is 232 g/mol. The average molecular weight is 250 g/mol. The van der Waals surface area contributed by atoms with Crippen molar-refractivity contribution in [2.45, 2.75) is 39.2 Å². The SMILES string of the molecule is CCCC1(C)NC(=O)N(c2cc(C)nn2C)C1=O. The summed E-state index contributed by atoms with van der Waals surface area (Å²) in [4.78, 5) is 25.6. The minimum absolute atomic E-state index is 0.211. The Morgan fingerprint density at radius 2 is 2.11 bits per heavy atom. The van der Waals surface area contributed by atoms with Crippen molar-refractivity contribution in [1.82, 2.24) is 15.1 Å². The quantitative estimate of drug-likeness (QED) is 0.823. The number of carbonyl (C=O) groups excluding carboxylic acids is 2. The molecule has 0 saturated carbocycles. The summed E-state index contributed by atoms with van der Waals surface area (Å²) in [7, 11) is 1.72. The van der Waals surface area contributed by atoms with Crippen LogP contribution in [-0.2, 0) is 11.8 Å². The van der Waals surface area contributed by atoms with Crippen molar-refractivity contribution in [1.29, 1.82) is 0 Å². The Kier molecular flexibility index (Phi) is 2.88. The molecule has 1 atom stereocenters. The van der Waals surface area contributed by atoms with Crippen LogP contribution in [0.25, 0.3) is 0 Å². The highest BCUT2D eigenvalue weighted by molar-refractivity contribution is 6.22. The number of anilines is 1. The molecule has 0 radical (unpaired) electrons. The van der Waals surface area contributed by atoms with Crippen molar-refractivity contribution in [3.63, 3.8) is 0 Å². The average Bonchev–Trinajstić information content (AvgIpc) is 2.67. The zero-order valence-corrected chi connectivity index (χ0v) is 11.1. The third-order valence-corrected chi connectivity index (χ3v) is 3.22. The molecular formula is C12H18N4O2. The lowest BCUT2D eigenvalue weighted by Crippen LogP contribution is -2.43. The molecule has 18 heavy (non-hydrogen) atoms. The van der Waals surface area contributed by atoms with Crippen molar-refractivity contribution in [3.8, 4) is 0 Å². The van der Waals surface area contributed by atoms with Crippen LogP contribution in [0.5, 0.6) is 0 Å². The van der Waals surface area contributed by atoms with Crippen molar-refractivity contribution in [2.24, 2.45) is 7.05 Å². The van der Waals surface area contributed by atoms with Crippen molar-refractivity contribution in [2.75, 3.05) is 4.90 Å². The van der Waals surface area contributed by atoms with Gasteiger partial charge >= 0.3 is 6.03 Å². The number of hydrogen-bond acceptors (Lipinski definition) is 3. The second kappa shape index (κ2) is 4.12. The lowest BCUT2D eigenvalue weighted by Gasteiger charge is -2.20. The van der Waals surface area contributed by atoms with Gasteiger partial charge in [-0.3, -0.25) is 9.48 Å². The number of amides is 3. The number of aryl methyl sites for hydroxylation is 2. The second-order valence-electron chi connectivity index (χ2n) is 4.92. The summed E-state index contributed by atoms with van der Waals surface area (Å²) in [5.41, 5.74) is -0.0264. The van der Waals surface area contributed by atoms with Gasteiger partial charge < -0.3 is 5.32 Å². The van der Waals surface area contributed by atoms with Crippen LogP contribution >= 0.6 is 0 Å². The predicted molar refractivity (Wildman–Crippen MR) is 67.3 cm³/mol. The van der Waals surface area contributed by atoms with Gasteiger partial charge in [-0.2, -0.15) is 5.10 Å². The maximum atomic E-state index is 12.4. The first kappa shape index (κ1) is 12.6. The van der Waals surface area contributed by atoms with Crippen molar-refractivity contribution in [3.05, 3.63) is 11.8 Å². The van der Waals surface area contributed by atoms with E-state index in [2.05, 4.69) is 10.4 Å². The number of rotatable bonds is 3. The van der Waals surface area contributed by atoms with E-state index in [-0.39, 0.29) is 11.9 Å². The standard InChI is InChI=1S/C12H18N4O2/c1-5-6-12(3)10(17)16(11(18)13-12)9-7-8(2)14-15(9)4/h7H,5-6H2,1-4H3,(H,13,18). The van der Waals surface area contributed by atoms with Crippen molar-refractivity contribution < 1.29 is 9.59 Å². The van der Waals surface area contributed by atoms with E-state index in [9.17, 15) is 9.59 Å². The van der Waals surface area contributed by atoms with Crippen LogP contribution in [0.3, 0.4) is 0 Å². The fourth-order valence-corrected chi connectivity index (χ4v) is 2.37. The van der Waals surface area contributed by atoms with Crippen LogP contribution in [0.4, 0.5) is 10.6 Å². The Hall–Kier alpha value is -1.85. The van der Waals surface area contributed by atoms with E-state index < -0.39 is 5.54 Å². The maximum Gasteiger partial charge on any atom is 0.330 e. The summed E-state index contributed by atoms with van der Waals surface area (Å²) in [5, 5.41) is 6.92. The van der Waals surface area contributed by atoms with Crippen LogP contribution in [0.15, 0.2) is 6.07 Å². The van der Waals surface area contributed by atoms with E-state index >= 15 is 0 Å². The monoisotopic (exact) mass is 250 g/mol. The summed E-state index contributed by atoms with van der Waals surface area (Å²) >= 11 is 0. The van der Waals surface area contributed by atoms with Gasteiger partial charge in [-0.1, -0.05) is 13.3 Å². The Labute approximate surface area is 106 Å². The Bertz CT molecular complexity index is 508. The van der Waals surface area contributed by atoms with Gasteiger partial charge in [0.1, 0.15) is 11.4 Å². The molecule has 3 amide bonds. The topological polar surface area (TPSA) is 67.2 Å². The van der Waals surface area contributed by atoms with Crippen LogP contribution in [0.1, 0.15) is 32.4 Å². The molecule has 1 aromatic rings. The Morgan fingerprint density at radius 3 is 2.61 bits per heavy atom. The smallest absolute Gasteiger partial charge is 0.323 e. The molecule has 0 spiro atoms. The Morgan fingerprint density at radius 1 is 1.44 bits per heavy atom. The van der Waals surface area contributed by atoms with Gasteiger partial charge in [-0.15, -0.1) is 0 Å². The fraction of sp³-hybridized carbons (Fsp3) is 0.583. The van der Waals surface area contributed by atoms with E-state index in [0.29, 0.717) is 12.2 Å². The normalized spacial score (nSPS) is 23.7. The van der Waals surface area contributed by atoms with Crippen LogP contribution in [0, 0.1) is 6.92 Å². The summed E-state index contributed by atoms with van der Waals surface area (Å²) < 4.78 is 1.55. The molecule has 1 N–H and O–H groups in total. The highest BCUT2D eigenvalue weighted by atomic mass is 16.2. The molecule has 2 heterocycles. The first-order valence-electron chi connectivity index (χ1n) is 6.06. The molecule has 0 aliphatic carbocycles. The maximum absolute atomic E-state index is 12.4. The number of nitrogens with one attached hydrogen (secondary N) is 1. The minimum Gasteiger partial charge on any atom is -0.323 e. The Balaban J connectivity index is 2.38. The number of hydrogen-bond donors (Lipinski definition) is 1. The van der Waals surface area contributed by atoms with E-state index in [1.807, 2.05) is 13.8 Å². The molecule has 0 bridgehead atoms. The van der Waals surface area contributed by atoms with Gasteiger partial charge in [-0.25, -0.2) is 9.69 Å². The lowest BCUT2D eigenvalue weighted by molar-refractivity contribution is -0.121. The van der Waals surface area contributed by atoms with Gasteiger partial charge in [0.2, 0.25) is 0 Å². The van der Waals surface area contributed by atoms with Gasteiger partial charge in [0.15, 0.2) is 0 Å². The molecule has 1 aliphatic heterocycles. The summed E-state index contributed by atoms with van der Waals surface area (Å²) in [6.45, 7) is 5.58. The molecule has 1 fully saturated rings. The lowest BCUT2D eigenvalue weighted by atomic mass is 9.96. The first-order chi connectivity index (χ1) is 8.39. The van der Waals surface area contributed by atoms with Gasteiger partial charge in [0.05, 0.1) is 5.69 Å². The largest absolute Gasteiger partial charge is 0.330 e. The number of imide groups is 1. The summed E-state index contributed by atoms with van der Waals surface area (Å²) in [6, 6.07) is 1.36. The van der Waals surface area contributed by atoms with Crippen molar-refractivity contribution >= 4 is 17.8 Å². The molecule has 6 heteroatoms. The molecule has 1 aliphatic rings. The molecule has 1 aromatic heterocycles. The van der Waals surface area contributed by atoms with Gasteiger partial charge in [0.25, 0.3) is 5.91 Å². The summed E-state index contributed by atoms with van der Waals surface area (Å²) in [5.74, 6) is 0.298. The van der Waals surface area contributed by atoms with Gasteiger partial charge in [0, 0.05) is 13.1 Å². The fourth-order valence-electron chi connectivity index (χ4n) is 2.37. The van der Waals surface area contributed by atoms with Crippen LogP contribution in [-0.4, -0.2) is 27.3 Å². The van der Waals surface area contributed by atoms with Gasteiger partial charge in [-0.05, 0) is 20.3 Å². The molecule has 98 valence electrons. The number of aromatic nitrogens is 2. The minimum atomic E-state index is -0.802. The van der Waals surface area contributed by atoms with E-state index in [1.165, 1.54) is 4.90 Å². The van der Waals surface area contributed by atoms with Crippen LogP contribution < -0.4 is 10.2 Å². The number of nitrogens with zero attached hydrogens (tertiary/aromatic N) is 3. The molecule has 2 rings (SSSR count). The molecule has 6 nitrogen and oxygen atoms in total. The number of urea groups is 1. The highest BCUT2D eigenvalue weighted by Crippen LogP contribution is 2.27. The first-order valence-corrected chi connectivity index (χ1v) is 6.06. The van der Waals surface area contributed by atoms with E-state index in [1.54, 1.807) is 24.7 Å². The second-order valence-corrected chi connectivity index (χ2v) is 4.92. The number of carbonyl (C=O) groups is 2. The zero-order valence-electron chi connectivity index (χ0n) is 11.1. The third kappa shape index (κ3) is 1.77. The van der Waals surface area contributed by atoms with E-state index in [0.717, 1.165) is 12.1 Å². The predicted octanol–water partition coefficient (Wildman–Crippen LogP) is 1.34. The zero-order chi connectivity index (χ0) is 13.5. The molecule has 1 unspecified atom stereocenters. The molecule has 1 saturated heterocycles.